The third kappa shape index (κ3) is 3.28. The monoisotopic (exact) mass is 430 g/mol. The fraction of sp³-hybridized carbons (Fsp3) is 0.318. The lowest BCUT2D eigenvalue weighted by atomic mass is 9.76. The summed E-state index contributed by atoms with van der Waals surface area (Å²) in [6.07, 6.45) is 0.714. The largest absolute Gasteiger partial charge is 0.481 e. The van der Waals surface area contributed by atoms with Gasteiger partial charge < -0.3 is 10.2 Å². The van der Waals surface area contributed by atoms with Crippen molar-refractivity contribution in [3.05, 3.63) is 64.1 Å². The number of benzene rings is 2. The maximum absolute atomic E-state index is 14.8. The Bertz CT molecular complexity index is 1150. The zero-order valence-electron chi connectivity index (χ0n) is 16.2. The van der Waals surface area contributed by atoms with E-state index in [0.29, 0.717) is 5.56 Å². The number of carbonyl (C=O) groups excluding carboxylic acids is 1. The van der Waals surface area contributed by atoms with Crippen LogP contribution in [0.3, 0.4) is 0 Å². The minimum atomic E-state index is -1.52. The van der Waals surface area contributed by atoms with Crippen molar-refractivity contribution in [2.75, 3.05) is 0 Å². The van der Waals surface area contributed by atoms with Crippen molar-refractivity contribution in [3.63, 3.8) is 0 Å². The Morgan fingerprint density at radius 1 is 1.20 bits per heavy atom. The van der Waals surface area contributed by atoms with Gasteiger partial charge in [-0.2, -0.15) is 9.78 Å². The maximum Gasteiger partial charge on any atom is 0.306 e. The first kappa shape index (κ1) is 20.5. The first-order valence-corrected chi connectivity index (χ1v) is 10.0. The maximum atomic E-state index is 14.8. The summed E-state index contributed by atoms with van der Waals surface area (Å²) in [4.78, 5) is 24.6. The standard InChI is InChI=1S/C22H20ClFN2O4/c1-12-4-2-5-14(23)17(12)20(27)26-16-7-3-6-15(24)18(16)19(25-26)22(30)10-8-13(9-11-22)21(28)29/h2-7,13,30H,8-11H2,1H3,(H,28,29). The van der Waals surface area contributed by atoms with Crippen molar-refractivity contribution in [2.24, 2.45) is 5.92 Å². The molecule has 1 saturated carbocycles. The molecule has 0 amide bonds. The van der Waals surface area contributed by atoms with Gasteiger partial charge in [0, 0.05) is 0 Å². The van der Waals surface area contributed by atoms with Gasteiger partial charge >= 0.3 is 5.97 Å². The molecule has 0 bridgehead atoms. The van der Waals surface area contributed by atoms with Crippen LogP contribution in [0.5, 0.6) is 0 Å². The lowest BCUT2D eigenvalue weighted by Gasteiger charge is -2.33. The minimum Gasteiger partial charge on any atom is -0.481 e. The van der Waals surface area contributed by atoms with E-state index in [2.05, 4.69) is 5.10 Å². The summed E-state index contributed by atoms with van der Waals surface area (Å²) in [6, 6.07) is 9.34. The highest BCUT2D eigenvalue weighted by atomic mass is 35.5. The van der Waals surface area contributed by atoms with E-state index in [1.165, 1.54) is 12.1 Å². The molecular weight excluding hydrogens is 411 g/mol. The van der Waals surface area contributed by atoms with Crippen LogP contribution in [-0.4, -0.2) is 31.9 Å². The van der Waals surface area contributed by atoms with E-state index in [1.54, 1.807) is 31.2 Å². The van der Waals surface area contributed by atoms with Crippen molar-refractivity contribution in [1.29, 1.82) is 0 Å². The Balaban J connectivity index is 1.86. The van der Waals surface area contributed by atoms with Gasteiger partial charge in [-0.3, -0.25) is 9.59 Å². The highest BCUT2D eigenvalue weighted by molar-refractivity contribution is 6.34. The number of aryl methyl sites for hydroxylation is 1. The van der Waals surface area contributed by atoms with Crippen molar-refractivity contribution in [2.45, 2.75) is 38.2 Å². The molecule has 0 radical (unpaired) electrons. The molecule has 3 aromatic rings. The average Bonchev–Trinajstić information content (AvgIpc) is 3.10. The number of hydrogen-bond donors (Lipinski definition) is 2. The summed E-state index contributed by atoms with van der Waals surface area (Å²) in [6.45, 7) is 1.74. The van der Waals surface area contributed by atoms with Crippen LogP contribution >= 0.6 is 11.6 Å². The molecule has 2 N–H and O–H groups in total. The molecule has 6 nitrogen and oxygen atoms in total. The zero-order chi connectivity index (χ0) is 21.6. The second-order valence-corrected chi connectivity index (χ2v) is 8.18. The number of halogens is 2. The summed E-state index contributed by atoms with van der Waals surface area (Å²) < 4.78 is 15.9. The number of carboxylic acids is 1. The quantitative estimate of drug-likeness (QED) is 0.646. The van der Waals surface area contributed by atoms with Crippen LogP contribution in [0.1, 0.15) is 47.3 Å². The van der Waals surface area contributed by atoms with Gasteiger partial charge in [0.2, 0.25) is 0 Å². The first-order chi connectivity index (χ1) is 14.2. The summed E-state index contributed by atoms with van der Waals surface area (Å²) in [5, 5.41) is 25.2. The molecule has 1 aliphatic rings. The molecule has 156 valence electrons. The summed E-state index contributed by atoms with van der Waals surface area (Å²) >= 11 is 6.24. The molecule has 1 aromatic heterocycles. The van der Waals surface area contributed by atoms with E-state index in [9.17, 15) is 24.2 Å². The SMILES string of the molecule is Cc1cccc(Cl)c1C(=O)n1nc(C2(O)CCC(C(=O)O)CC2)c2c(F)cccc21. The number of aromatic nitrogens is 2. The molecule has 4 rings (SSSR count). The summed E-state index contributed by atoms with van der Waals surface area (Å²) in [7, 11) is 0. The smallest absolute Gasteiger partial charge is 0.306 e. The van der Waals surface area contributed by atoms with E-state index in [1.807, 2.05) is 0 Å². The van der Waals surface area contributed by atoms with Crippen LogP contribution in [0.4, 0.5) is 4.39 Å². The molecule has 0 unspecified atom stereocenters. The third-order valence-electron chi connectivity index (χ3n) is 5.89. The number of carboxylic acid groups (broad SMARTS) is 1. The van der Waals surface area contributed by atoms with Gasteiger partial charge in [0.25, 0.3) is 5.91 Å². The number of carbonyl (C=O) groups is 2. The van der Waals surface area contributed by atoms with Crippen molar-refractivity contribution >= 4 is 34.4 Å². The second kappa shape index (κ2) is 7.49. The van der Waals surface area contributed by atoms with Gasteiger partial charge in [-0.25, -0.2) is 4.39 Å². The van der Waals surface area contributed by atoms with Crippen LogP contribution < -0.4 is 0 Å². The molecular formula is C22H20ClFN2O4. The van der Waals surface area contributed by atoms with E-state index in [0.717, 1.165) is 4.68 Å². The van der Waals surface area contributed by atoms with Crippen LogP contribution in [0, 0.1) is 18.7 Å². The van der Waals surface area contributed by atoms with Gasteiger partial charge in [-0.05, 0) is 56.4 Å². The summed E-state index contributed by atoms with van der Waals surface area (Å²) in [5.74, 6) is -2.60. The second-order valence-electron chi connectivity index (χ2n) is 7.78. The number of nitrogens with zero attached hydrogens (tertiary/aromatic N) is 2. The van der Waals surface area contributed by atoms with Crippen molar-refractivity contribution in [1.82, 2.24) is 9.78 Å². The van der Waals surface area contributed by atoms with E-state index < -0.39 is 29.2 Å². The highest BCUT2D eigenvalue weighted by Crippen LogP contribution is 2.42. The van der Waals surface area contributed by atoms with Gasteiger partial charge in [0.05, 0.1) is 27.4 Å². The third-order valence-corrected chi connectivity index (χ3v) is 6.20. The lowest BCUT2D eigenvalue weighted by molar-refractivity contribution is -0.145. The molecule has 2 aromatic carbocycles. The molecule has 30 heavy (non-hydrogen) atoms. The van der Waals surface area contributed by atoms with Crippen LogP contribution in [0.15, 0.2) is 36.4 Å². The van der Waals surface area contributed by atoms with Crippen LogP contribution in [0.2, 0.25) is 5.02 Å². The Kier molecular flexibility index (Phi) is 5.11. The number of aliphatic carboxylic acids is 1. The fourth-order valence-electron chi connectivity index (χ4n) is 4.20. The molecule has 0 aliphatic heterocycles. The van der Waals surface area contributed by atoms with E-state index in [4.69, 9.17) is 11.6 Å². The van der Waals surface area contributed by atoms with E-state index in [-0.39, 0.29) is 52.9 Å². The summed E-state index contributed by atoms with van der Waals surface area (Å²) in [5.41, 5.74) is -0.343. The molecule has 0 saturated heterocycles. The molecule has 1 aliphatic carbocycles. The van der Waals surface area contributed by atoms with Gasteiger partial charge in [0.1, 0.15) is 17.1 Å². The molecule has 0 spiro atoms. The minimum absolute atomic E-state index is 0.0532. The van der Waals surface area contributed by atoms with Gasteiger partial charge in [0.15, 0.2) is 0 Å². The molecule has 1 fully saturated rings. The number of fused-ring (bicyclic) bond motifs is 1. The molecule has 0 atom stereocenters. The predicted molar refractivity (Wildman–Crippen MR) is 109 cm³/mol. The highest BCUT2D eigenvalue weighted by Gasteiger charge is 2.41. The topological polar surface area (TPSA) is 92.4 Å². The Morgan fingerprint density at radius 2 is 1.87 bits per heavy atom. The van der Waals surface area contributed by atoms with Crippen molar-refractivity contribution < 1.29 is 24.2 Å². The molecule has 8 heteroatoms. The number of rotatable bonds is 3. The predicted octanol–water partition coefficient (Wildman–Crippen LogP) is 4.29. The fourth-order valence-corrected chi connectivity index (χ4v) is 4.50. The lowest BCUT2D eigenvalue weighted by Crippen LogP contribution is -2.34. The Morgan fingerprint density at radius 3 is 2.50 bits per heavy atom. The van der Waals surface area contributed by atoms with Crippen LogP contribution in [0.25, 0.3) is 10.9 Å². The molecule has 1 heterocycles. The zero-order valence-corrected chi connectivity index (χ0v) is 17.0. The van der Waals surface area contributed by atoms with Gasteiger partial charge in [-0.1, -0.05) is 29.8 Å². The number of hydrogen-bond acceptors (Lipinski definition) is 4. The Labute approximate surface area is 176 Å². The van der Waals surface area contributed by atoms with Gasteiger partial charge in [-0.15, -0.1) is 0 Å². The normalized spacial score (nSPS) is 21.7. The van der Waals surface area contributed by atoms with Crippen LogP contribution in [-0.2, 0) is 10.4 Å². The first-order valence-electron chi connectivity index (χ1n) is 9.65. The number of aliphatic hydroxyl groups is 1. The van der Waals surface area contributed by atoms with E-state index >= 15 is 0 Å². The average molecular weight is 431 g/mol. The Hall–Kier alpha value is -2.77. The van der Waals surface area contributed by atoms with Crippen molar-refractivity contribution in [3.8, 4) is 0 Å².